The fourth-order valence-electron chi connectivity index (χ4n) is 7.25. The lowest BCUT2D eigenvalue weighted by atomic mass is 9.88. The lowest BCUT2D eigenvalue weighted by molar-refractivity contribution is -0.111. The van der Waals surface area contributed by atoms with E-state index in [9.17, 15) is 4.79 Å². The number of Topliss-reactive ketones (excluding diaryl/α,β-unsaturated/α-hetero) is 1. The Morgan fingerprint density at radius 3 is 1.47 bits per heavy atom. The predicted octanol–water partition coefficient (Wildman–Crippen LogP) is 11.9. The highest BCUT2D eigenvalue weighted by Gasteiger charge is 2.23. The molecule has 0 saturated carbocycles. The third kappa shape index (κ3) is 4.62. The number of allylic oxidation sites excluding steroid dienone is 2. The van der Waals surface area contributed by atoms with Crippen molar-refractivity contribution in [2.45, 2.75) is 13.8 Å². The number of ether oxygens (including phenoxy) is 1. The molecule has 8 aromatic rings. The van der Waals surface area contributed by atoms with Gasteiger partial charge in [0.25, 0.3) is 0 Å². The summed E-state index contributed by atoms with van der Waals surface area (Å²) < 4.78 is 5.65. The van der Waals surface area contributed by atoms with Crippen molar-refractivity contribution >= 4 is 82.3 Å². The number of hydrogen-bond acceptors (Lipinski definition) is 3. The molecule has 0 N–H and O–H groups in total. The zero-order valence-electron chi connectivity index (χ0n) is 26.6. The van der Waals surface area contributed by atoms with Gasteiger partial charge in [-0.25, -0.2) is 0 Å². The smallest absolute Gasteiger partial charge is 0.163 e. The summed E-state index contributed by atoms with van der Waals surface area (Å²) in [4.78, 5) is 15.6. The molecule has 0 aliphatic rings. The third-order valence-electron chi connectivity index (χ3n) is 9.40. The Morgan fingerprint density at radius 2 is 0.915 bits per heavy atom. The predicted molar refractivity (Wildman–Crippen MR) is 199 cm³/mol. The number of fused-ring (bicyclic) bond motifs is 7. The van der Waals surface area contributed by atoms with Gasteiger partial charge in [0.1, 0.15) is 5.76 Å². The molecule has 0 spiro atoms. The maximum atomic E-state index is 13.1. The van der Waals surface area contributed by atoms with Gasteiger partial charge in [0.15, 0.2) is 5.78 Å². The van der Waals surface area contributed by atoms with Crippen molar-refractivity contribution in [3.8, 4) is 0 Å². The van der Waals surface area contributed by atoms with Crippen LogP contribution in [0.4, 0.5) is 17.1 Å². The number of benzene rings is 8. The molecule has 0 aliphatic carbocycles. The van der Waals surface area contributed by atoms with Gasteiger partial charge in [-0.15, -0.1) is 0 Å². The van der Waals surface area contributed by atoms with Crippen LogP contribution in [0.15, 0.2) is 151 Å². The largest absolute Gasteiger partial charge is 0.501 e. The molecule has 47 heavy (non-hydrogen) atoms. The van der Waals surface area contributed by atoms with Gasteiger partial charge in [-0.05, 0) is 81.4 Å². The Balaban J connectivity index is 1.55. The number of carbonyl (C=O) groups excluding carboxylic acids is 1. The average Bonchev–Trinajstić information content (AvgIpc) is 3.12. The first-order chi connectivity index (χ1) is 23.0. The number of hydrogen-bond donors (Lipinski definition) is 0. The molecule has 226 valence electrons. The Kier molecular flexibility index (Phi) is 6.96. The number of methoxy groups -OCH3 is 1. The van der Waals surface area contributed by atoms with E-state index in [1.807, 2.05) is 13.0 Å². The Labute approximate surface area is 273 Å². The molecular formula is C44H33NO2. The van der Waals surface area contributed by atoms with Crippen molar-refractivity contribution in [1.29, 1.82) is 0 Å². The molecule has 8 aromatic carbocycles. The summed E-state index contributed by atoms with van der Waals surface area (Å²) in [7, 11) is 1.62. The van der Waals surface area contributed by atoms with Gasteiger partial charge >= 0.3 is 0 Å². The van der Waals surface area contributed by atoms with Crippen LogP contribution in [0, 0.1) is 0 Å². The lowest BCUT2D eigenvalue weighted by Gasteiger charge is -2.30. The quantitative estimate of drug-likeness (QED) is 0.107. The molecular weight excluding hydrogens is 574 g/mol. The summed E-state index contributed by atoms with van der Waals surface area (Å²) in [5, 5.41) is 11.3. The summed E-state index contributed by atoms with van der Waals surface area (Å²) in [5.74, 6) is 0.592. The molecule has 0 heterocycles. The van der Waals surface area contributed by atoms with Crippen LogP contribution in [0.1, 0.15) is 19.4 Å². The summed E-state index contributed by atoms with van der Waals surface area (Å²) in [6.45, 7) is 3.48. The van der Waals surface area contributed by atoms with Crippen LogP contribution in [-0.4, -0.2) is 12.9 Å². The van der Waals surface area contributed by atoms with E-state index in [0.29, 0.717) is 11.3 Å². The second-order valence-electron chi connectivity index (χ2n) is 12.0. The van der Waals surface area contributed by atoms with Crippen LogP contribution in [0.25, 0.3) is 59.4 Å². The van der Waals surface area contributed by atoms with E-state index in [0.717, 1.165) is 54.9 Å². The molecule has 0 unspecified atom stereocenters. The average molecular weight is 608 g/mol. The monoisotopic (exact) mass is 607 g/mol. The number of nitrogens with zero attached hydrogens (tertiary/aromatic N) is 1. The number of ketones is 1. The number of anilines is 3. The van der Waals surface area contributed by atoms with Crippen LogP contribution >= 0.6 is 0 Å². The summed E-state index contributed by atoms with van der Waals surface area (Å²) in [5.41, 5.74) is 4.81. The second-order valence-corrected chi connectivity index (χ2v) is 12.0. The van der Waals surface area contributed by atoms with E-state index in [-0.39, 0.29) is 5.78 Å². The zero-order valence-corrected chi connectivity index (χ0v) is 26.6. The standard InChI is InChI=1S/C44H33NO2/c1-28(46)44(29(2)47-3)40-26-38-36-22-10-11-23-37(36)43(27-39(38)34-20-8-9-21-35(34)40)45(41-24-12-16-30-14-4-6-18-32(30)41)42-25-13-17-31-15-5-7-19-33(31)42/h4-27H,1-3H3/b44-29+. The summed E-state index contributed by atoms with van der Waals surface area (Å²) in [6, 6.07) is 51.8. The number of rotatable bonds is 6. The maximum absolute atomic E-state index is 13.1. The molecule has 0 fully saturated rings. The van der Waals surface area contributed by atoms with Crippen LogP contribution in [0.2, 0.25) is 0 Å². The van der Waals surface area contributed by atoms with Gasteiger partial charge in [0.2, 0.25) is 0 Å². The molecule has 0 radical (unpaired) electrons. The van der Waals surface area contributed by atoms with E-state index >= 15 is 0 Å². The highest BCUT2D eigenvalue weighted by Crippen LogP contribution is 2.47. The van der Waals surface area contributed by atoms with Crippen molar-refractivity contribution in [2.24, 2.45) is 0 Å². The molecule has 3 nitrogen and oxygen atoms in total. The second kappa shape index (κ2) is 11.5. The topological polar surface area (TPSA) is 29.5 Å². The number of carbonyl (C=O) groups is 1. The van der Waals surface area contributed by atoms with E-state index < -0.39 is 0 Å². The van der Waals surface area contributed by atoms with Crippen LogP contribution < -0.4 is 4.90 Å². The normalized spacial score (nSPS) is 12.1. The minimum atomic E-state index is -0.0205. The molecule has 0 amide bonds. The van der Waals surface area contributed by atoms with E-state index in [4.69, 9.17) is 4.74 Å². The van der Waals surface area contributed by atoms with Crippen molar-refractivity contribution in [3.63, 3.8) is 0 Å². The molecule has 3 heteroatoms. The zero-order chi connectivity index (χ0) is 32.1. The molecule has 0 bridgehead atoms. The first kappa shape index (κ1) is 28.5. The molecule has 0 aromatic heterocycles. The maximum Gasteiger partial charge on any atom is 0.163 e. The summed E-state index contributed by atoms with van der Waals surface area (Å²) >= 11 is 0. The third-order valence-corrected chi connectivity index (χ3v) is 9.40. The molecule has 0 aliphatic heterocycles. The first-order valence-electron chi connectivity index (χ1n) is 15.9. The highest BCUT2D eigenvalue weighted by atomic mass is 16.5. The van der Waals surface area contributed by atoms with Crippen LogP contribution in [0.3, 0.4) is 0 Å². The van der Waals surface area contributed by atoms with E-state index in [2.05, 4.69) is 144 Å². The van der Waals surface area contributed by atoms with Gasteiger partial charge in [0.05, 0.1) is 29.7 Å². The van der Waals surface area contributed by atoms with E-state index in [1.165, 1.54) is 21.5 Å². The molecule has 0 saturated heterocycles. The van der Waals surface area contributed by atoms with E-state index in [1.54, 1.807) is 14.0 Å². The minimum absolute atomic E-state index is 0.0205. The van der Waals surface area contributed by atoms with Crippen LogP contribution in [-0.2, 0) is 9.53 Å². The first-order valence-corrected chi connectivity index (χ1v) is 15.9. The fraction of sp³-hybridized carbons (Fsp3) is 0.0682. The Bertz CT molecular complexity index is 2470. The van der Waals surface area contributed by atoms with Crippen molar-refractivity contribution in [1.82, 2.24) is 0 Å². The van der Waals surface area contributed by atoms with Crippen LogP contribution in [0.5, 0.6) is 0 Å². The van der Waals surface area contributed by atoms with Crippen molar-refractivity contribution in [3.05, 3.63) is 157 Å². The highest BCUT2D eigenvalue weighted by molar-refractivity contribution is 6.29. The fourth-order valence-corrected chi connectivity index (χ4v) is 7.25. The van der Waals surface area contributed by atoms with Gasteiger partial charge in [0, 0.05) is 16.2 Å². The summed E-state index contributed by atoms with van der Waals surface area (Å²) in [6.07, 6.45) is 0. The molecule has 8 rings (SSSR count). The van der Waals surface area contributed by atoms with Gasteiger partial charge in [-0.3, -0.25) is 4.79 Å². The van der Waals surface area contributed by atoms with Gasteiger partial charge in [-0.1, -0.05) is 121 Å². The minimum Gasteiger partial charge on any atom is -0.501 e. The Hall–Kier alpha value is -5.93. The Morgan fingerprint density at radius 1 is 0.468 bits per heavy atom. The van der Waals surface area contributed by atoms with Crippen molar-refractivity contribution < 1.29 is 9.53 Å². The van der Waals surface area contributed by atoms with Crippen molar-refractivity contribution in [2.75, 3.05) is 12.0 Å². The lowest BCUT2D eigenvalue weighted by Crippen LogP contribution is -2.12. The van der Waals surface area contributed by atoms with Gasteiger partial charge < -0.3 is 9.64 Å². The SMILES string of the molecule is CO/C(C)=C(\C(C)=O)c1cc2c3ccccc3c(N(c3cccc4ccccc34)c3cccc4ccccc34)cc2c2ccccc12. The molecule has 0 atom stereocenters. The van der Waals surface area contributed by atoms with Gasteiger partial charge in [-0.2, -0.15) is 0 Å².